The second kappa shape index (κ2) is 12.2. The van der Waals surface area contributed by atoms with Crippen LogP contribution in [-0.4, -0.2) is 14.5 Å². The zero-order valence-corrected chi connectivity index (χ0v) is 28.3. The molecule has 0 radical (unpaired) electrons. The smallest absolute Gasteiger partial charge is 0.162 e. The van der Waals surface area contributed by atoms with Gasteiger partial charge in [-0.1, -0.05) is 133 Å². The number of benzene rings is 7. The van der Waals surface area contributed by atoms with E-state index in [-0.39, 0.29) is 0 Å². The van der Waals surface area contributed by atoms with E-state index in [0.717, 1.165) is 39.4 Å². The average Bonchev–Trinajstić information content (AvgIpc) is 3.54. The Morgan fingerprint density at radius 3 is 1.86 bits per heavy atom. The van der Waals surface area contributed by atoms with Gasteiger partial charge < -0.3 is 4.90 Å². The maximum atomic E-state index is 5.20. The summed E-state index contributed by atoms with van der Waals surface area (Å²) in [6, 6.07) is 64.3. The van der Waals surface area contributed by atoms with E-state index in [4.69, 9.17) is 9.97 Å². The fourth-order valence-corrected chi connectivity index (χ4v) is 8.31. The van der Waals surface area contributed by atoms with Gasteiger partial charge in [0, 0.05) is 43.4 Å². The standard InChI is InChI=1S/C46H30N4S/c1-4-14-31(15-5-1)38-30-45(48-46(47-38)32-16-6-2-7-17-32)50-39-21-11-10-20-36(39)37-28-33(24-26-40(37)50)34-25-27-42-44(29-34)51-43-23-13-12-22-41(43)49(42)35-18-8-3-9-19-35/h1-30H. The predicted molar refractivity (Wildman–Crippen MR) is 211 cm³/mol. The highest BCUT2D eigenvalue weighted by Crippen LogP contribution is 2.52. The van der Waals surface area contributed by atoms with Gasteiger partial charge >= 0.3 is 0 Å². The van der Waals surface area contributed by atoms with Crippen LogP contribution in [0.2, 0.25) is 0 Å². The number of para-hydroxylation sites is 3. The second-order valence-electron chi connectivity index (χ2n) is 12.7. The largest absolute Gasteiger partial charge is 0.308 e. The van der Waals surface area contributed by atoms with Gasteiger partial charge in [0.2, 0.25) is 0 Å². The van der Waals surface area contributed by atoms with Crippen molar-refractivity contribution in [1.82, 2.24) is 14.5 Å². The van der Waals surface area contributed by atoms with Crippen LogP contribution in [0.25, 0.3) is 61.4 Å². The molecule has 9 aromatic rings. The molecule has 10 rings (SSSR count). The Morgan fingerprint density at radius 1 is 0.412 bits per heavy atom. The number of hydrogen-bond donors (Lipinski definition) is 0. The van der Waals surface area contributed by atoms with Gasteiger partial charge in [0.25, 0.3) is 0 Å². The van der Waals surface area contributed by atoms with Crippen LogP contribution in [0, 0.1) is 0 Å². The molecule has 7 aromatic carbocycles. The molecule has 0 unspecified atom stereocenters. The van der Waals surface area contributed by atoms with Crippen molar-refractivity contribution in [3.63, 3.8) is 0 Å². The van der Waals surface area contributed by atoms with Crippen LogP contribution >= 0.6 is 11.8 Å². The molecular weight excluding hydrogens is 641 g/mol. The highest BCUT2D eigenvalue weighted by atomic mass is 32.2. The van der Waals surface area contributed by atoms with Crippen molar-refractivity contribution in [2.45, 2.75) is 9.79 Å². The van der Waals surface area contributed by atoms with Crippen LogP contribution in [0.15, 0.2) is 192 Å². The van der Waals surface area contributed by atoms with Crippen molar-refractivity contribution in [3.05, 3.63) is 182 Å². The Labute approximate surface area is 300 Å². The van der Waals surface area contributed by atoms with E-state index in [2.05, 4.69) is 167 Å². The van der Waals surface area contributed by atoms with Crippen LogP contribution < -0.4 is 4.90 Å². The van der Waals surface area contributed by atoms with Crippen molar-refractivity contribution in [2.24, 2.45) is 0 Å². The van der Waals surface area contributed by atoms with E-state index in [1.165, 1.54) is 43.1 Å². The number of nitrogens with zero attached hydrogens (tertiary/aromatic N) is 4. The Hall–Kier alpha value is -6.43. The minimum absolute atomic E-state index is 0.701. The molecule has 0 amide bonds. The molecule has 0 aliphatic carbocycles. The lowest BCUT2D eigenvalue weighted by Gasteiger charge is -2.33. The van der Waals surface area contributed by atoms with Crippen LogP contribution in [0.5, 0.6) is 0 Å². The van der Waals surface area contributed by atoms with E-state index < -0.39 is 0 Å². The molecule has 0 spiro atoms. The normalized spacial score (nSPS) is 12.2. The van der Waals surface area contributed by atoms with Crippen molar-refractivity contribution in [1.29, 1.82) is 0 Å². The quantitative estimate of drug-likeness (QED) is 0.182. The zero-order chi connectivity index (χ0) is 33.7. The highest BCUT2D eigenvalue weighted by molar-refractivity contribution is 7.99. The lowest BCUT2D eigenvalue weighted by Crippen LogP contribution is -2.14. The van der Waals surface area contributed by atoms with Gasteiger partial charge in [0.1, 0.15) is 5.82 Å². The first kappa shape index (κ1) is 29.5. The molecular formula is C46H30N4S. The number of anilines is 3. The fourth-order valence-electron chi connectivity index (χ4n) is 7.21. The molecule has 0 fully saturated rings. The zero-order valence-electron chi connectivity index (χ0n) is 27.5. The maximum Gasteiger partial charge on any atom is 0.162 e. The van der Waals surface area contributed by atoms with E-state index >= 15 is 0 Å². The second-order valence-corrected chi connectivity index (χ2v) is 13.8. The number of rotatable bonds is 5. The van der Waals surface area contributed by atoms with E-state index in [0.29, 0.717) is 5.82 Å². The molecule has 240 valence electrons. The van der Waals surface area contributed by atoms with Gasteiger partial charge in [-0.05, 0) is 65.7 Å². The van der Waals surface area contributed by atoms with Gasteiger partial charge in [-0.25, -0.2) is 9.97 Å². The molecule has 0 atom stereocenters. The maximum absolute atomic E-state index is 5.20. The summed E-state index contributed by atoms with van der Waals surface area (Å²) in [6.07, 6.45) is 0. The topological polar surface area (TPSA) is 34.0 Å². The summed E-state index contributed by atoms with van der Waals surface area (Å²) in [5.41, 5.74) is 11.1. The Morgan fingerprint density at radius 2 is 1.04 bits per heavy atom. The van der Waals surface area contributed by atoms with Gasteiger partial charge in [0.05, 0.1) is 28.1 Å². The van der Waals surface area contributed by atoms with Gasteiger partial charge in [-0.3, -0.25) is 4.57 Å². The third-order valence-electron chi connectivity index (χ3n) is 9.59. The number of fused-ring (bicyclic) bond motifs is 5. The minimum Gasteiger partial charge on any atom is -0.308 e. The van der Waals surface area contributed by atoms with E-state index in [1.807, 2.05) is 36.0 Å². The monoisotopic (exact) mass is 670 g/mol. The lowest BCUT2D eigenvalue weighted by molar-refractivity contribution is 1.05. The minimum atomic E-state index is 0.701. The molecule has 0 saturated heterocycles. The summed E-state index contributed by atoms with van der Waals surface area (Å²) in [5, 5.41) is 2.37. The molecule has 0 bridgehead atoms. The third kappa shape index (κ3) is 5.09. The van der Waals surface area contributed by atoms with Crippen LogP contribution in [-0.2, 0) is 0 Å². The highest BCUT2D eigenvalue weighted by Gasteiger charge is 2.25. The van der Waals surface area contributed by atoms with Gasteiger partial charge in [-0.2, -0.15) is 0 Å². The molecule has 1 aliphatic rings. The van der Waals surface area contributed by atoms with Gasteiger partial charge in [0.15, 0.2) is 5.82 Å². The summed E-state index contributed by atoms with van der Waals surface area (Å²) < 4.78 is 2.28. The first-order valence-corrected chi connectivity index (χ1v) is 17.9. The Bertz CT molecular complexity index is 2660. The van der Waals surface area contributed by atoms with Crippen molar-refractivity contribution in [3.8, 4) is 39.6 Å². The first-order valence-electron chi connectivity index (χ1n) is 17.1. The summed E-state index contributed by atoms with van der Waals surface area (Å²) in [4.78, 5) is 15.1. The predicted octanol–water partition coefficient (Wildman–Crippen LogP) is 12.5. The lowest BCUT2D eigenvalue weighted by atomic mass is 10.0. The van der Waals surface area contributed by atoms with Crippen molar-refractivity contribution < 1.29 is 0 Å². The molecule has 0 N–H and O–H groups in total. The van der Waals surface area contributed by atoms with E-state index in [9.17, 15) is 0 Å². The van der Waals surface area contributed by atoms with Crippen LogP contribution in [0.3, 0.4) is 0 Å². The molecule has 0 saturated carbocycles. The molecule has 4 nitrogen and oxygen atoms in total. The van der Waals surface area contributed by atoms with Gasteiger partial charge in [-0.15, -0.1) is 0 Å². The summed E-state index contributed by atoms with van der Waals surface area (Å²) >= 11 is 1.84. The Balaban J connectivity index is 1.13. The number of hydrogen-bond acceptors (Lipinski definition) is 4. The third-order valence-corrected chi connectivity index (χ3v) is 10.7. The SMILES string of the molecule is c1ccc(-c2cc(-n3c4ccccc4c4cc(-c5ccc6c(c5)Sc5ccccc5N6c5ccccc5)ccc43)nc(-c3ccccc3)n2)cc1. The molecule has 5 heteroatoms. The van der Waals surface area contributed by atoms with Crippen molar-refractivity contribution >= 4 is 50.6 Å². The van der Waals surface area contributed by atoms with Crippen LogP contribution in [0.1, 0.15) is 0 Å². The van der Waals surface area contributed by atoms with Crippen molar-refractivity contribution in [2.75, 3.05) is 4.90 Å². The van der Waals surface area contributed by atoms with Crippen LogP contribution in [0.4, 0.5) is 17.1 Å². The Kier molecular flexibility index (Phi) is 7.03. The molecule has 3 heterocycles. The fraction of sp³-hybridized carbons (Fsp3) is 0. The summed E-state index contributed by atoms with van der Waals surface area (Å²) in [7, 11) is 0. The summed E-state index contributed by atoms with van der Waals surface area (Å²) in [5.74, 6) is 1.54. The van der Waals surface area contributed by atoms with E-state index in [1.54, 1.807) is 0 Å². The molecule has 1 aliphatic heterocycles. The molecule has 51 heavy (non-hydrogen) atoms. The summed E-state index contributed by atoms with van der Waals surface area (Å²) in [6.45, 7) is 0. The number of aromatic nitrogens is 3. The average molecular weight is 671 g/mol. The molecule has 2 aromatic heterocycles. The first-order chi connectivity index (χ1) is 25.3.